The Labute approximate surface area is 79.6 Å². The normalized spacial score (nSPS) is 25.1. The highest BCUT2D eigenvalue weighted by Gasteiger charge is 2.24. The molecule has 0 unspecified atom stereocenters. The first kappa shape index (κ1) is 9.00. The summed E-state index contributed by atoms with van der Waals surface area (Å²) in [6, 6.07) is 0. The molecule has 1 N–H and O–H groups in total. The summed E-state index contributed by atoms with van der Waals surface area (Å²) in [4.78, 5) is 2.19. The quantitative estimate of drug-likeness (QED) is 0.492. The van der Waals surface area contributed by atoms with Crippen molar-refractivity contribution >= 4 is 5.84 Å². The Morgan fingerprint density at radius 3 is 2.38 bits per heavy atom. The van der Waals surface area contributed by atoms with Crippen LogP contribution < -0.4 is 0 Å². The molecular formula is C10H18N2O. The van der Waals surface area contributed by atoms with Gasteiger partial charge in [-0.2, -0.15) is 0 Å². The van der Waals surface area contributed by atoms with Crippen LogP contribution in [0.3, 0.4) is 0 Å². The van der Waals surface area contributed by atoms with E-state index in [2.05, 4.69) is 4.90 Å². The average Bonchev–Trinajstić information content (AvgIpc) is 2.71. The van der Waals surface area contributed by atoms with Gasteiger partial charge < -0.3 is 9.64 Å². The van der Waals surface area contributed by atoms with Crippen LogP contribution in [0, 0.1) is 11.3 Å². The third-order valence-corrected chi connectivity index (χ3v) is 3.09. The molecule has 1 heterocycles. The predicted molar refractivity (Wildman–Crippen MR) is 52.1 cm³/mol. The molecule has 0 aromatic heterocycles. The Balaban J connectivity index is 1.87. The minimum Gasteiger partial charge on any atom is -0.378 e. The van der Waals surface area contributed by atoms with Crippen molar-refractivity contribution < 1.29 is 4.74 Å². The van der Waals surface area contributed by atoms with E-state index in [1.807, 2.05) is 0 Å². The number of rotatable bonds is 1. The van der Waals surface area contributed by atoms with Crippen molar-refractivity contribution in [2.75, 3.05) is 26.3 Å². The van der Waals surface area contributed by atoms with E-state index in [1.165, 1.54) is 25.7 Å². The lowest BCUT2D eigenvalue weighted by Gasteiger charge is -2.31. The third kappa shape index (κ3) is 2.02. The van der Waals surface area contributed by atoms with E-state index in [0.29, 0.717) is 5.92 Å². The molecule has 2 aliphatic rings. The molecule has 1 aliphatic carbocycles. The van der Waals surface area contributed by atoms with Crippen LogP contribution in [0.25, 0.3) is 0 Å². The second-order valence-electron chi connectivity index (χ2n) is 3.97. The minimum absolute atomic E-state index is 0.554. The fraction of sp³-hybridized carbons (Fsp3) is 0.900. The van der Waals surface area contributed by atoms with Crippen LogP contribution in [-0.4, -0.2) is 37.0 Å². The molecule has 74 valence electrons. The highest BCUT2D eigenvalue weighted by molar-refractivity contribution is 5.82. The lowest BCUT2D eigenvalue weighted by atomic mass is 10.1. The van der Waals surface area contributed by atoms with Crippen molar-refractivity contribution in [3.8, 4) is 0 Å². The summed E-state index contributed by atoms with van der Waals surface area (Å²) in [5, 5.41) is 8.05. The van der Waals surface area contributed by atoms with Crippen molar-refractivity contribution in [2.24, 2.45) is 5.92 Å². The highest BCUT2D eigenvalue weighted by Crippen LogP contribution is 2.26. The molecule has 13 heavy (non-hydrogen) atoms. The van der Waals surface area contributed by atoms with E-state index in [0.717, 1.165) is 32.1 Å². The fourth-order valence-electron chi connectivity index (χ4n) is 2.26. The Morgan fingerprint density at radius 2 is 1.77 bits per heavy atom. The summed E-state index contributed by atoms with van der Waals surface area (Å²) >= 11 is 0. The molecule has 2 rings (SSSR count). The summed E-state index contributed by atoms with van der Waals surface area (Å²) in [6.45, 7) is 3.45. The van der Waals surface area contributed by atoms with Crippen LogP contribution in [0.15, 0.2) is 0 Å². The van der Waals surface area contributed by atoms with Crippen molar-refractivity contribution in [1.29, 1.82) is 5.41 Å². The number of nitrogens with zero attached hydrogens (tertiary/aromatic N) is 1. The monoisotopic (exact) mass is 182 g/mol. The first-order valence-electron chi connectivity index (χ1n) is 5.29. The Morgan fingerprint density at radius 1 is 1.15 bits per heavy atom. The van der Waals surface area contributed by atoms with Crippen LogP contribution in [-0.2, 0) is 4.74 Å². The first-order valence-corrected chi connectivity index (χ1v) is 5.29. The van der Waals surface area contributed by atoms with E-state index in [1.54, 1.807) is 0 Å². The van der Waals surface area contributed by atoms with Crippen molar-refractivity contribution in [1.82, 2.24) is 4.90 Å². The Kier molecular flexibility index (Phi) is 2.83. The Hall–Kier alpha value is -0.570. The summed E-state index contributed by atoms with van der Waals surface area (Å²) < 4.78 is 5.27. The standard InChI is InChI=1S/C10H18N2O/c11-10(9-3-1-2-4-9)12-5-7-13-8-6-12/h9,11H,1-8H2. The van der Waals surface area contributed by atoms with E-state index in [4.69, 9.17) is 10.1 Å². The number of ether oxygens (including phenoxy) is 1. The van der Waals surface area contributed by atoms with Gasteiger partial charge in [0, 0.05) is 19.0 Å². The SMILES string of the molecule is N=C(C1CCCC1)N1CCOCC1. The molecule has 2 fully saturated rings. The van der Waals surface area contributed by atoms with Crippen molar-refractivity contribution in [2.45, 2.75) is 25.7 Å². The second-order valence-corrected chi connectivity index (χ2v) is 3.97. The molecule has 3 heteroatoms. The number of hydrogen-bond donors (Lipinski definition) is 1. The van der Waals surface area contributed by atoms with Gasteiger partial charge in [0.25, 0.3) is 0 Å². The lowest BCUT2D eigenvalue weighted by Crippen LogP contribution is -2.42. The summed E-state index contributed by atoms with van der Waals surface area (Å²) in [5.74, 6) is 1.43. The van der Waals surface area contributed by atoms with Gasteiger partial charge in [-0.25, -0.2) is 0 Å². The molecule has 3 nitrogen and oxygen atoms in total. The summed E-state index contributed by atoms with van der Waals surface area (Å²) in [7, 11) is 0. The molecule has 0 radical (unpaired) electrons. The van der Waals surface area contributed by atoms with E-state index < -0.39 is 0 Å². The third-order valence-electron chi connectivity index (χ3n) is 3.09. The molecule has 0 bridgehead atoms. The van der Waals surface area contributed by atoms with Gasteiger partial charge in [0.2, 0.25) is 0 Å². The molecule has 0 spiro atoms. The van der Waals surface area contributed by atoms with E-state index >= 15 is 0 Å². The minimum atomic E-state index is 0.554. The van der Waals surface area contributed by atoms with Gasteiger partial charge in [-0.1, -0.05) is 12.8 Å². The summed E-state index contributed by atoms with van der Waals surface area (Å²) in [6.07, 6.45) is 5.10. The van der Waals surface area contributed by atoms with Crippen molar-refractivity contribution in [3.63, 3.8) is 0 Å². The Bertz CT molecular complexity index is 181. The lowest BCUT2D eigenvalue weighted by molar-refractivity contribution is 0.0655. The van der Waals surface area contributed by atoms with Gasteiger partial charge in [-0.05, 0) is 12.8 Å². The van der Waals surface area contributed by atoms with Gasteiger partial charge in [0.15, 0.2) is 0 Å². The smallest absolute Gasteiger partial charge is 0.0991 e. The van der Waals surface area contributed by atoms with Gasteiger partial charge in [-0.15, -0.1) is 0 Å². The molecular weight excluding hydrogens is 164 g/mol. The van der Waals surface area contributed by atoms with E-state index in [-0.39, 0.29) is 0 Å². The second kappa shape index (κ2) is 4.09. The maximum absolute atomic E-state index is 8.05. The van der Waals surface area contributed by atoms with Crippen LogP contribution in [0.2, 0.25) is 0 Å². The largest absolute Gasteiger partial charge is 0.378 e. The van der Waals surface area contributed by atoms with Crippen LogP contribution in [0.4, 0.5) is 0 Å². The zero-order valence-electron chi connectivity index (χ0n) is 8.09. The van der Waals surface area contributed by atoms with Crippen LogP contribution in [0.5, 0.6) is 0 Å². The van der Waals surface area contributed by atoms with Crippen molar-refractivity contribution in [3.05, 3.63) is 0 Å². The molecule has 0 aromatic rings. The highest BCUT2D eigenvalue weighted by atomic mass is 16.5. The molecule has 0 aromatic carbocycles. The van der Waals surface area contributed by atoms with Crippen LogP contribution >= 0.6 is 0 Å². The van der Waals surface area contributed by atoms with Gasteiger partial charge in [0.1, 0.15) is 0 Å². The molecule has 0 amide bonds. The number of morpholine rings is 1. The number of nitrogens with one attached hydrogen (secondary N) is 1. The number of hydrogen-bond acceptors (Lipinski definition) is 2. The maximum Gasteiger partial charge on any atom is 0.0991 e. The van der Waals surface area contributed by atoms with E-state index in [9.17, 15) is 0 Å². The maximum atomic E-state index is 8.05. The van der Waals surface area contributed by atoms with Gasteiger partial charge >= 0.3 is 0 Å². The van der Waals surface area contributed by atoms with Crippen LogP contribution in [0.1, 0.15) is 25.7 Å². The zero-order valence-corrected chi connectivity index (χ0v) is 8.09. The molecule has 1 saturated heterocycles. The predicted octanol–water partition coefficient (Wildman–Crippen LogP) is 1.49. The van der Waals surface area contributed by atoms with Gasteiger partial charge in [-0.3, -0.25) is 5.41 Å². The first-order chi connectivity index (χ1) is 6.38. The molecule has 0 atom stereocenters. The van der Waals surface area contributed by atoms with Gasteiger partial charge in [0.05, 0.1) is 19.0 Å². The topological polar surface area (TPSA) is 36.3 Å². The average molecular weight is 182 g/mol. The number of amidine groups is 1. The molecule has 1 aliphatic heterocycles. The zero-order chi connectivity index (χ0) is 9.10. The fourth-order valence-corrected chi connectivity index (χ4v) is 2.26. The summed E-state index contributed by atoms with van der Waals surface area (Å²) in [5.41, 5.74) is 0. The molecule has 1 saturated carbocycles.